The van der Waals surface area contributed by atoms with Gasteiger partial charge in [-0.1, -0.05) is 12.2 Å². The normalized spacial score (nSPS) is 12.5. The fourth-order valence-electron chi connectivity index (χ4n) is 1.63. The second kappa shape index (κ2) is 10.1. The van der Waals surface area contributed by atoms with Crippen molar-refractivity contribution in [1.29, 1.82) is 0 Å². The van der Waals surface area contributed by atoms with Gasteiger partial charge in [0, 0.05) is 6.54 Å². The van der Waals surface area contributed by atoms with Gasteiger partial charge in [-0.25, -0.2) is 4.79 Å². The van der Waals surface area contributed by atoms with Gasteiger partial charge < -0.3 is 24.9 Å². The van der Waals surface area contributed by atoms with Crippen LogP contribution in [-0.2, 0) is 19.1 Å². The Morgan fingerprint density at radius 2 is 1.65 bits per heavy atom. The summed E-state index contributed by atoms with van der Waals surface area (Å²) in [6, 6.07) is -0.898. The van der Waals surface area contributed by atoms with E-state index in [9.17, 15) is 19.7 Å². The van der Waals surface area contributed by atoms with Gasteiger partial charge in [-0.15, -0.1) is 10.1 Å². The summed E-state index contributed by atoms with van der Waals surface area (Å²) in [5.41, 5.74) is -1.42. The van der Waals surface area contributed by atoms with Crippen molar-refractivity contribution >= 4 is 29.3 Å². The van der Waals surface area contributed by atoms with Crippen molar-refractivity contribution in [1.82, 2.24) is 10.6 Å². The molecule has 0 saturated heterocycles. The zero-order valence-corrected chi connectivity index (χ0v) is 16.7. The van der Waals surface area contributed by atoms with Crippen molar-refractivity contribution in [2.45, 2.75) is 65.2 Å². The van der Waals surface area contributed by atoms with Crippen LogP contribution in [0.5, 0.6) is 0 Å². The highest BCUT2D eigenvalue weighted by Gasteiger charge is 2.26. The molecule has 1 amide bonds. The topological polar surface area (TPSA) is 129 Å². The van der Waals surface area contributed by atoms with Crippen LogP contribution in [0.25, 0.3) is 0 Å². The molecule has 0 rings (SSSR count). The smallest absolute Gasteiger partial charge is 0.408 e. The van der Waals surface area contributed by atoms with Crippen LogP contribution in [0.15, 0.2) is 0 Å². The maximum atomic E-state index is 12.0. The molecule has 0 aromatic rings. The Bertz CT molecular complexity index is 496. The van der Waals surface area contributed by atoms with E-state index < -0.39 is 34.4 Å². The number of nitrogens with one attached hydrogen (secondary N) is 2. The van der Waals surface area contributed by atoms with Crippen molar-refractivity contribution in [2.75, 3.05) is 13.2 Å². The van der Waals surface area contributed by atoms with E-state index in [-0.39, 0.29) is 24.6 Å². The van der Waals surface area contributed by atoms with Gasteiger partial charge in [0.2, 0.25) is 0 Å². The predicted octanol–water partition coefficient (Wildman–Crippen LogP) is 1.74. The SMILES string of the molecule is CC(C)(C)OC(=O)CC(NC(=O)OC(C)(C)C)C(=S)NCCO[N+](=O)[O-]. The molecule has 150 valence electrons. The van der Waals surface area contributed by atoms with E-state index in [2.05, 4.69) is 15.5 Å². The first-order valence-electron chi connectivity index (χ1n) is 7.96. The number of thiocarbonyl (C=S) groups is 1. The number of carbonyl (C=O) groups is 2. The van der Waals surface area contributed by atoms with Crippen LogP contribution in [0.1, 0.15) is 48.0 Å². The first-order valence-corrected chi connectivity index (χ1v) is 8.37. The van der Waals surface area contributed by atoms with Crippen molar-refractivity contribution in [3.05, 3.63) is 10.1 Å². The van der Waals surface area contributed by atoms with Crippen LogP contribution in [-0.4, -0.2) is 52.5 Å². The fourth-order valence-corrected chi connectivity index (χ4v) is 1.87. The number of hydrogen-bond acceptors (Lipinski definition) is 8. The summed E-state index contributed by atoms with van der Waals surface area (Å²) in [7, 11) is 0. The third kappa shape index (κ3) is 13.2. The Kier molecular flexibility index (Phi) is 9.25. The van der Waals surface area contributed by atoms with Crippen molar-refractivity contribution in [2.24, 2.45) is 0 Å². The maximum Gasteiger partial charge on any atom is 0.408 e. The molecule has 0 bridgehead atoms. The second-order valence-electron chi connectivity index (χ2n) is 7.34. The molecule has 26 heavy (non-hydrogen) atoms. The third-order valence-electron chi connectivity index (χ3n) is 2.40. The summed E-state index contributed by atoms with van der Waals surface area (Å²) in [6.45, 7) is 10.0. The van der Waals surface area contributed by atoms with Crippen molar-refractivity contribution < 1.29 is 29.0 Å². The van der Waals surface area contributed by atoms with E-state index in [1.165, 1.54) is 0 Å². The molecule has 0 aliphatic carbocycles. The average molecular weight is 393 g/mol. The molecule has 0 aliphatic rings. The zero-order chi connectivity index (χ0) is 20.5. The molecule has 0 heterocycles. The molecular formula is C15H27N3O7S. The molecule has 0 aliphatic heterocycles. The van der Waals surface area contributed by atoms with Crippen molar-refractivity contribution in [3.63, 3.8) is 0 Å². The number of carbonyl (C=O) groups excluding carboxylic acids is 2. The molecule has 0 aromatic carbocycles. The highest BCUT2D eigenvalue weighted by atomic mass is 32.1. The summed E-state index contributed by atoms with van der Waals surface area (Å²) in [6.07, 6.45) is -0.977. The lowest BCUT2D eigenvalue weighted by atomic mass is 10.1. The molecular weight excluding hydrogens is 366 g/mol. The van der Waals surface area contributed by atoms with E-state index in [1.54, 1.807) is 41.5 Å². The molecule has 11 heteroatoms. The van der Waals surface area contributed by atoms with Gasteiger partial charge in [0.15, 0.2) is 0 Å². The Hall–Kier alpha value is -2.17. The number of rotatable bonds is 8. The van der Waals surface area contributed by atoms with Crippen LogP contribution in [0.3, 0.4) is 0 Å². The Balaban J connectivity index is 4.86. The Morgan fingerprint density at radius 3 is 2.12 bits per heavy atom. The average Bonchev–Trinajstić information content (AvgIpc) is 2.38. The van der Waals surface area contributed by atoms with E-state index in [0.29, 0.717) is 0 Å². The summed E-state index contributed by atoms with van der Waals surface area (Å²) >= 11 is 5.16. The standard InChI is InChI=1S/C15H27N3O7S/c1-14(2,3)24-11(19)9-10(17-13(20)25-15(4,5)6)12(26)16-7-8-23-18(21)22/h10H,7-9H2,1-6H3,(H,16,26)(H,17,20). The highest BCUT2D eigenvalue weighted by Crippen LogP contribution is 2.11. The Morgan fingerprint density at radius 1 is 1.12 bits per heavy atom. The summed E-state index contributed by atoms with van der Waals surface area (Å²) in [4.78, 5) is 38.4. The van der Waals surface area contributed by atoms with E-state index in [4.69, 9.17) is 21.7 Å². The minimum absolute atomic E-state index is 0.0284. The number of esters is 1. The molecule has 0 radical (unpaired) electrons. The van der Waals surface area contributed by atoms with Crippen molar-refractivity contribution in [3.8, 4) is 0 Å². The number of amides is 1. The molecule has 10 nitrogen and oxygen atoms in total. The summed E-state index contributed by atoms with van der Waals surface area (Å²) in [5.74, 6) is -0.566. The molecule has 1 unspecified atom stereocenters. The quantitative estimate of drug-likeness (QED) is 0.208. The second-order valence-corrected chi connectivity index (χ2v) is 7.78. The first-order chi connectivity index (χ1) is 11.7. The van der Waals surface area contributed by atoms with E-state index in [1.807, 2.05) is 0 Å². The van der Waals surface area contributed by atoms with Gasteiger partial charge in [-0.2, -0.15) is 0 Å². The van der Waals surface area contributed by atoms with E-state index in [0.717, 1.165) is 0 Å². The fraction of sp³-hybridized carbons (Fsp3) is 0.800. The molecule has 2 N–H and O–H groups in total. The minimum atomic E-state index is -0.929. The number of nitrogens with zero attached hydrogens (tertiary/aromatic N) is 1. The lowest BCUT2D eigenvalue weighted by Crippen LogP contribution is -2.49. The summed E-state index contributed by atoms with van der Waals surface area (Å²) < 4.78 is 10.4. The number of ether oxygens (including phenoxy) is 2. The van der Waals surface area contributed by atoms with Crippen LogP contribution < -0.4 is 10.6 Å². The van der Waals surface area contributed by atoms with E-state index >= 15 is 0 Å². The number of hydrogen-bond donors (Lipinski definition) is 2. The monoisotopic (exact) mass is 393 g/mol. The van der Waals surface area contributed by atoms with Gasteiger partial charge in [-0.05, 0) is 41.5 Å². The van der Waals surface area contributed by atoms with Gasteiger partial charge in [0.25, 0.3) is 5.09 Å². The molecule has 0 saturated carbocycles. The largest absolute Gasteiger partial charge is 0.460 e. The molecule has 1 atom stereocenters. The highest BCUT2D eigenvalue weighted by molar-refractivity contribution is 7.80. The van der Waals surface area contributed by atoms with Crippen LogP contribution in [0.4, 0.5) is 4.79 Å². The number of alkyl carbamates (subject to hydrolysis) is 1. The third-order valence-corrected chi connectivity index (χ3v) is 2.83. The lowest BCUT2D eigenvalue weighted by Gasteiger charge is -2.25. The van der Waals surface area contributed by atoms with Crippen LogP contribution >= 0.6 is 12.2 Å². The minimum Gasteiger partial charge on any atom is -0.460 e. The molecule has 0 fully saturated rings. The van der Waals surface area contributed by atoms with Crippen LogP contribution in [0, 0.1) is 10.1 Å². The van der Waals surface area contributed by atoms with Gasteiger partial charge in [-0.3, -0.25) is 4.79 Å². The van der Waals surface area contributed by atoms with Gasteiger partial charge in [0.1, 0.15) is 17.8 Å². The lowest BCUT2D eigenvalue weighted by molar-refractivity contribution is -0.757. The Labute approximate surface area is 158 Å². The van der Waals surface area contributed by atoms with Gasteiger partial charge in [0.05, 0.1) is 17.5 Å². The first kappa shape index (κ1) is 23.8. The molecule has 0 spiro atoms. The molecule has 0 aromatic heterocycles. The van der Waals surface area contributed by atoms with Gasteiger partial charge >= 0.3 is 12.1 Å². The maximum absolute atomic E-state index is 12.0. The predicted molar refractivity (Wildman–Crippen MR) is 97.2 cm³/mol. The summed E-state index contributed by atoms with van der Waals surface area (Å²) in [5, 5.41) is 14.4. The zero-order valence-electron chi connectivity index (χ0n) is 15.9. The van der Waals surface area contributed by atoms with Crippen LogP contribution in [0.2, 0.25) is 0 Å².